The van der Waals surface area contributed by atoms with E-state index in [0.29, 0.717) is 12.5 Å². The van der Waals surface area contributed by atoms with E-state index in [1.165, 1.54) is 0 Å². The average Bonchev–Trinajstić information content (AvgIpc) is 2.74. The second kappa shape index (κ2) is 5.14. The lowest BCUT2D eigenvalue weighted by molar-refractivity contribution is 0.223. The van der Waals surface area contributed by atoms with Crippen LogP contribution in [0.5, 0.6) is 5.75 Å². The number of aliphatic hydroxyl groups is 1. The van der Waals surface area contributed by atoms with Crippen molar-refractivity contribution in [1.82, 2.24) is 5.32 Å². The number of hydrogen-bond donors (Lipinski definition) is 2. The van der Waals surface area contributed by atoms with Crippen molar-refractivity contribution >= 4 is 0 Å². The van der Waals surface area contributed by atoms with Crippen molar-refractivity contribution < 1.29 is 9.84 Å². The predicted molar refractivity (Wildman–Crippen MR) is 59.1 cm³/mol. The van der Waals surface area contributed by atoms with Gasteiger partial charge in [0, 0.05) is 13.2 Å². The zero-order valence-electron chi connectivity index (χ0n) is 8.78. The molecule has 1 fully saturated rings. The Morgan fingerprint density at radius 3 is 2.73 bits per heavy atom. The van der Waals surface area contributed by atoms with Crippen LogP contribution in [0.15, 0.2) is 24.3 Å². The first-order chi connectivity index (χ1) is 7.38. The third-order valence-corrected chi connectivity index (χ3v) is 2.64. The summed E-state index contributed by atoms with van der Waals surface area (Å²) in [5.41, 5.74) is 1.15. The minimum absolute atomic E-state index is 0.201. The van der Waals surface area contributed by atoms with Gasteiger partial charge in [-0.25, -0.2) is 0 Å². The van der Waals surface area contributed by atoms with Crippen LogP contribution >= 0.6 is 0 Å². The Morgan fingerprint density at radius 1 is 1.33 bits per heavy atom. The van der Waals surface area contributed by atoms with Gasteiger partial charge < -0.3 is 15.2 Å². The van der Waals surface area contributed by atoms with Gasteiger partial charge >= 0.3 is 0 Å². The average molecular weight is 207 g/mol. The first-order valence-corrected chi connectivity index (χ1v) is 5.45. The highest BCUT2D eigenvalue weighted by molar-refractivity contribution is 5.27. The van der Waals surface area contributed by atoms with Crippen molar-refractivity contribution in [2.45, 2.75) is 18.9 Å². The fourth-order valence-corrected chi connectivity index (χ4v) is 1.78. The molecule has 1 saturated heterocycles. The molecule has 0 spiro atoms. The van der Waals surface area contributed by atoms with Gasteiger partial charge in [0.1, 0.15) is 11.9 Å². The van der Waals surface area contributed by atoms with Gasteiger partial charge in [0.15, 0.2) is 0 Å². The van der Waals surface area contributed by atoms with Gasteiger partial charge in [0.05, 0.1) is 0 Å². The molecule has 0 saturated carbocycles. The van der Waals surface area contributed by atoms with Crippen LogP contribution in [-0.4, -0.2) is 30.9 Å². The van der Waals surface area contributed by atoms with Crippen molar-refractivity contribution in [2.75, 3.05) is 19.7 Å². The second-order valence-electron chi connectivity index (χ2n) is 3.85. The Kier molecular flexibility index (Phi) is 3.59. The zero-order chi connectivity index (χ0) is 10.5. The number of benzene rings is 1. The Hall–Kier alpha value is -1.06. The third kappa shape index (κ3) is 2.94. The highest BCUT2D eigenvalue weighted by Crippen LogP contribution is 2.16. The molecule has 0 aromatic heterocycles. The summed E-state index contributed by atoms with van der Waals surface area (Å²) < 4.78 is 5.78. The van der Waals surface area contributed by atoms with E-state index in [-0.39, 0.29) is 6.61 Å². The molecule has 15 heavy (non-hydrogen) atoms. The van der Waals surface area contributed by atoms with Crippen molar-refractivity contribution in [3.63, 3.8) is 0 Å². The number of ether oxygens (including phenoxy) is 1. The highest BCUT2D eigenvalue weighted by Gasteiger charge is 2.15. The monoisotopic (exact) mass is 207 g/mol. The van der Waals surface area contributed by atoms with E-state index >= 15 is 0 Å². The summed E-state index contributed by atoms with van der Waals surface area (Å²) in [6.45, 7) is 2.19. The van der Waals surface area contributed by atoms with Gasteiger partial charge in [0.25, 0.3) is 0 Å². The Balaban J connectivity index is 1.91. The van der Waals surface area contributed by atoms with Crippen molar-refractivity contribution in [1.29, 1.82) is 0 Å². The molecular weight excluding hydrogens is 190 g/mol. The van der Waals surface area contributed by atoms with Crippen LogP contribution in [0.2, 0.25) is 0 Å². The smallest absolute Gasteiger partial charge is 0.119 e. The number of rotatable bonds is 4. The molecule has 2 N–H and O–H groups in total. The van der Waals surface area contributed by atoms with Crippen LogP contribution < -0.4 is 10.1 Å². The van der Waals surface area contributed by atoms with E-state index in [1.54, 1.807) is 0 Å². The summed E-state index contributed by atoms with van der Waals surface area (Å²) in [4.78, 5) is 0. The first kappa shape index (κ1) is 10.5. The Bertz CT molecular complexity index is 291. The van der Waals surface area contributed by atoms with E-state index in [9.17, 15) is 0 Å². The van der Waals surface area contributed by atoms with Gasteiger partial charge in [-0.15, -0.1) is 0 Å². The van der Waals surface area contributed by atoms with Crippen LogP contribution in [0.1, 0.15) is 12.0 Å². The summed E-state index contributed by atoms with van der Waals surface area (Å²) in [7, 11) is 0. The molecule has 0 radical (unpaired) electrons. The van der Waals surface area contributed by atoms with Crippen LogP contribution in [0.3, 0.4) is 0 Å². The van der Waals surface area contributed by atoms with Gasteiger partial charge in [-0.05, 0) is 37.1 Å². The summed E-state index contributed by atoms with van der Waals surface area (Å²) in [6.07, 6.45) is 2.11. The van der Waals surface area contributed by atoms with Crippen molar-refractivity contribution in [2.24, 2.45) is 0 Å². The summed E-state index contributed by atoms with van der Waals surface area (Å²) in [5.74, 6) is 0.922. The summed E-state index contributed by atoms with van der Waals surface area (Å²) in [5, 5.41) is 12.0. The molecule has 1 aromatic carbocycles. The molecule has 1 aliphatic rings. The second-order valence-corrected chi connectivity index (χ2v) is 3.85. The molecule has 1 heterocycles. The van der Waals surface area contributed by atoms with Crippen molar-refractivity contribution in [3.05, 3.63) is 29.8 Å². The van der Waals surface area contributed by atoms with E-state index in [2.05, 4.69) is 5.32 Å². The summed E-state index contributed by atoms with van der Waals surface area (Å²) >= 11 is 0. The maximum absolute atomic E-state index is 8.78. The molecule has 0 aliphatic carbocycles. The molecule has 1 aliphatic heterocycles. The highest BCUT2D eigenvalue weighted by atomic mass is 16.5. The maximum Gasteiger partial charge on any atom is 0.119 e. The van der Waals surface area contributed by atoms with E-state index in [0.717, 1.165) is 30.8 Å². The van der Waals surface area contributed by atoms with Crippen LogP contribution in [-0.2, 0) is 6.42 Å². The molecule has 1 aromatic rings. The van der Waals surface area contributed by atoms with Gasteiger partial charge in [-0.1, -0.05) is 12.1 Å². The molecule has 0 bridgehead atoms. The van der Waals surface area contributed by atoms with Crippen LogP contribution in [0.4, 0.5) is 0 Å². The van der Waals surface area contributed by atoms with Gasteiger partial charge in [-0.2, -0.15) is 0 Å². The lowest BCUT2D eigenvalue weighted by atomic mass is 10.1. The molecule has 82 valence electrons. The molecule has 3 nitrogen and oxygen atoms in total. The topological polar surface area (TPSA) is 41.5 Å². The predicted octanol–water partition coefficient (Wildman–Crippen LogP) is 0.962. The van der Waals surface area contributed by atoms with E-state index in [4.69, 9.17) is 9.84 Å². The Labute approximate surface area is 90.1 Å². The number of aliphatic hydroxyl groups excluding tert-OH is 1. The molecule has 3 heteroatoms. The lowest BCUT2D eigenvalue weighted by Crippen LogP contribution is -2.19. The SMILES string of the molecule is OCCc1ccc(O[C@@H]2CCNC2)cc1. The molecule has 1 atom stereocenters. The van der Waals surface area contributed by atoms with E-state index in [1.807, 2.05) is 24.3 Å². The Morgan fingerprint density at radius 2 is 2.13 bits per heavy atom. The third-order valence-electron chi connectivity index (χ3n) is 2.64. The fourth-order valence-electron chi connectivity index (χ4n) is 1.78. The molecule has 0 unspecified atom stereocenters. The maximum atomic E-state index is 8.78. The molecular formula is C12H17NO2. The largest absolute Gasteiger partial charge is 0.489 e. The van der Waals surface area contributed by atoms with E-state index < -0.39 is 0 Å². The minimum Gasteiger partial charge on any atom is -0.489 e. The minimum atomic E-state index is 0.201. The fraction of sp³-hybridized carbons (Fsp3) is 0.500. The summed E-state index contributed by atoms with van der Waals surface area (Å²) in [6, 6.07) is 7.97. The zero-order valence-corrected chi connectivity index (χ0v) is 8.78. The quantitative estimate of drug-likeness (QED) is 0.772. The number of hydrogen-bond acceptors (Lipinski definition) is 3. The lowest BCUT2D eigenvalue weighted by Gasteiger charge is -2.12. The van der Waals surface area contributed by atoms with Crippen LogP contribution in [0.25, 0.3) is 0 Å². The molecule has 0 amide bonds. The molecule has 2 rings (SSSR count). The van der Waals surface area contributed by atoms with Gasteiger partial charge in [-0.3, -0.25) is 0 Å². The first-order valence-electron chi connectivity index (χ1n) is 5.45. The number of nitrogens with one attached hydrogen (secondary N) is 1. The van der Waals surface area contributed by atoms with Crippen LogP contribution in [0, 0.1) is 0 Å². The van der Waals surface area contributed by atoms with Gasteiger partial charge in [0.2, 0.25) is 0 Å². The van der Waals surface area contributed by atoms with Crippen molar-refractivity contribution in [3.8, 4) is 5.75 Å². The normalized spacial score (nSPS) is 20.5. The standard InChI is InChI=1S/C12H17NO2/c14-8-6-10-1-3-11(4-2-10)15-12-5-7-13-9-12/h1-4,12-14H,5-9H2/t12-/m1/s1.